The second-order valence-electron chi connectivity index (χ2n) is 7.46. The molecule has 2 aromatic carbocycles. The third-order valence-electron chi connectivity index (χ3n) is 4.62. The zero-order valence-corrected chi connectivity index (χ0v) is 17.5. The summed E-state index contributed by atoms with van der Waals surface area (Å²) in [5.41, 5.74) is 8.22. The minimum Gasteiger partial charge on any atom is -0.448 e. The number of imide groups is 1. The van der Waals surface area contributed by atoms with E-state index in [9.17, 15) is 14.4 Å². The molecule has 160 valence electrons. The summed E-state index contributed by atoms with van der Waals surface area (Å²) in [6.07, 6.45) is 0.377. The maximum atomic E-state index is 13.1. The van der Waals surface area contributed by atoms with E-state index >= 15 is 0 Å². The van der Waals surface area contributed by atoms with Crippen LogP contribution in [0.15, 0.2) is 60.8 Å². The molecule has 0 unspecified atom stereocenters. The SMILES string of the molecule is Cc1ccc(-c2nn(-c3ccccc3)cc2C(=O)O[C@@H](C(=O)NC(N)=O)C(C)C)cc1. The molecule has 1 aromatic heterocycles. The first-order valence-corrected chi connectivity index (χ1v) is 9.79. The van der Waals surface area contributed by atoms with E-state index in [-0.39, 0.29) is 11.5 Å². The Hall–Kier alpha value is -3.94. The number of primary amides is 1. The van der Waals surface area contributed by atoms with Crippen LogP contribution in [0.5, 0.6) is 0 Å². The van der Waals surface area contributed by atoms with E-state index in [1.54, 1.807) is 24.7 Å². The number of nitrogens with zero attached hydrogens (tertiary/aromatic N) is 2. The van der Waals surface area contributed by atoms with Gasteiger partial charge in [0.25, 0.3) is 5.91 Å². The Morgan fingerprint density at radius 1 is 1.03 bits per heavy atom. The molecule has 0 radical (unpaired) electrons. The van der Waals surface area contributed by atoms with Crippen LogP contribution in [0.4, 0.5) is 4.79 Å². The highest BCUT2D eigenvalue weighted by atomic mass is 16.5. The van der Waals surface area contributed by atoms with E-state index in [0.29, 0.717) is 5.69 Å². The number of urea groups is 1. The van der Waals surface area contributed by atoms with Gasteiger partial charge in [0.2, 0.25) is 0 Å². The number of carbonyl (C=O) groups is 3. The van der Waals surface area contributed by atoms with Gasteiger partial charge in [-0.2, -0.15) is 5.10 Å². The molecular formula is C23H24N4O4. The summed E-state index contributed by atoms with van der Waals surface area (Å²) in [5.74, 6) is -1.88. The molecule has 0 spiro atoms. The average molecular weight is 420 g/mol. The predicted molar refractivity (Wildman–Crippen MR) is 116 cm³/mol. The maximum Gasteiger partial charge on any atom is 0.342 e. The van der Waals surface area contributed by atoms with Crippen LogP contribution in [0.2, 0.25) is 0 Å². The van der Waals surface area contributed by atoms with Crippen molar-refractivity contribution in [2.24, 2.45) is 11.7 Å². The fourth-order valence-corrected chi connectivity index (χ4v) is 3.02. The number of aryl methyl sites for hydroxylation is 1. The number of esters is 1. The van der Waals surface area contributed by atoms with Crippen molar-refractivity contribution in [2.75, 3.05) is 0 Å². The second kappa shape index (κ2) is 9.25. The Bertz CT molecular complexity index is 1090. The van der Waals surface area contributed by atoms with Crippen molar-refractivity contribution in [1.29, 1.82) is 0 Å². The smallest absolute Gasteiger partial charge is 0.342 e. The lowest BCUT2D eigenvalue weighted by atomic mass is 10.1. The van der Waals surface area contributed by atoms with Gasteiger partial charge in [0.15, 0.2) is 6.10 Å². The zero-order valence-electron chi connectivity index (χ0n) is 17.5. The number of rotatable bonds is 6. The highest BCUT2D eigenvalue weighted by molar-refractivity contribution is 6.00. The van der Waals surface area contributed by atoms with Crippen LogP contribution in [-0.4, -0.2) is 33.8 Å². The van der Waals surface area contributed by atoms with Gasteiger partial charge in [-0.15, -0.1) is 0 Å². The fourth-order valence-electron chi connectivity index (χ4n) is 3.02. The second-order valence-corrected chi connectivity index (χ2v) is 7.46. The number of hydrogen-bond acceptors (Lipinski definition) is 5. The normalized spacial score (nSPS) is 11.7. The molecule has 3 aromatic rings. The molecule has 1 atom stereocenters. The summed E-state index contributed by atoms with van der Waals surface area (Å²) >= 11 is 0. The van der Waals surface area contributed by atoms with Gasteiger partial charge < -0.3 is 10.5 Å². The van der Waals surface area contributed by atoms with E-state index in [2.05, 4.69) is 5.10 Å². The summed E-state index contributed by atoms with van der Waals surface area (Å²) in [6.45, 7) is 5.37. The lowest BCUT2D eigenvalue weighted by Crippen LogP contribution is -2.45. The molecule has 3 rings (SSSR count). The van der Waals surface area contributed by atoms with Gasteiger partial charge in [0, 0.05) is 11.8 Å². The Balaban J connectivity index is 2.00. The number of para-hydroxylation sites is 1. The van der Waals surface area contributed by atoms with Crippen molar-refractivity contribution in [3.05, 3.63) is 71.9 Å². The lowest BCUT2D eigenvalue weighted by Gasteiger charge is -2.19. The van der Waals surface area contributed by atoms with Gasteiger partial charge in [-0.05, 0) is 25.0 Å². The van der Waals surface area contributed by atoms with Gasteiger partial charge in [0.1, 0.15) is 11.3 Å². The number of ether oxygens (including phenoxy) is 1. The van der Waals surface area contributed by atoms with E-state index in [1.165, 1.54) is 0 Å². The van der Waals surface area contributed by atoms with Crippen molar-refractivity contribution < 1.29 is 19.1 Å². The number of amides is 3. The van der Waals surface area contributed by atoms with E-state index < -0.39 is 24.0 Å². The molecule has 3 N–H and O–H groups in total. The summed E-state index contributed by atoms with van der Waals surface area (Å²) in [5, 5.41) is 6.55. The molecule has 0 bridgehead atoms. The van der Waals surface area contributed by atoms with Crippen LogP contribution in [-0.2, 0) is 9.53 Å². The number of aromatic nitrogens is 2. The minimum absolute atomic E-state index is 0.199. The molecule has 8 heteroatoms. The first-order chi connectivity index (χ1) is 14.8. The maximum absolute atomic E-state index is 13.1. The molecule has 3 amide bonds. The fraction of sp³-hybridized carbons (Fsp3) is 0.217. The highest BCUT2D eigenvalue weighted by Crippen LogP contribution is 2.26. The standard InChI is InChI=1S/C23H24N4O4/c1-14(2)20(21(28)25-23(24)30)31-22(29)18-13-27(17-7-5-4-6-8-17)26-19(18)16-11-9-15(3)10-12-16/h4-14,20H,1-3H3,(H3,24,25,28,30)/t20-/m1/s1. The molecule has 8 nitrogen and oxygen atoms in total. The molecule has 0 saturated heterocycles. The number of nitrogens with one attached hydrogen (secondary N) is 1. The first kappa shape index (κ1) is 21.8. The first-order valence-electron chi connectivity index (χ1n) is 9.79. The number of carbonyl (C=O) groups excluding carboxylic acids is 3. The third-order valence-corrected chi connectivity index (χ3v) is 4.62. The zero-order chi connectivity index (χ0) is 22.5. The Kier molecular flexibility index (Phi) is 6.49. The molecule has 0 saturated carbocycles. The lowest BCUT2D eigenvalue weighted by molar-refractivity contribution is -0.130. The molecule has 0 aliphatic heterocycles. The van der Waals surface area contributed by atoms with Gasteiger partial charge in [0.05, 0.1) is 5.69 Å². The Labute approximate surface area is 180 Å². The van der Waals surface area contributed by atoms with Crippen molar-refractivity contribution in [3.8, 4) is 16.9 Å². The van der Waals surface area contributed by atoms with Crippen LogP contribution in [0.25, 0.3) is 16.9 Å². The molecule has 31 heavy (non-hydrogen) atoms. The van der Waals surface area contributed by atoms with Crippen molar-refractivity contribution >= 4 is 17.9 Å². The molecule has 0 aliphatic carbocycles. The van der Waals surface area contributed by atoms with Crippen LogP contribution in [0.3, 0.4) is 0 Å². The van der Waals surface area contributed by atoms with Gasteiger partial charge in [-0.25, -0.2) is 14.3 Å². The topological polar surface area (TPSA) is 116 Å². The molecule has 0 fully saturated rings. The predicted octanol–water partition coefficient (Wildman–Crippen LogP) is 3.22. The molecular weight excluding hydrogens is 396 g/mol. The minimum atomic E-state index is -1.19. The summed E-state index contributed by atoms with van der Waals surface area (Å²) in [7, 11) is 0. The van der Waals surface area contributed by atoms with Crippen LogP contribution in [0, 0.1) is 12.8 Å². The van der Waals surface area contributed by atoms with E-state index in [0.717, 1.165) is 16.8 Å². The average Bonchev–Trinajstić information content (AvgIpc) is 3.18. The Morgan fingerprint density at radius 3 is 2.26 bits per heavy atom. The largest absolute Gasteiger partial charge is 0.448 e. The quantitative estimate of drug-likeness (QED) is 0.594. The van der Waals surface area contributed by atoms with Gasteiger partial charge in [-0.3, -0.25) is 10.1 Å². The van der Waals surface area contributed by atoms with Crippen LogP contribution >= 0.6 is 0 Å². The molecule has 0 aliphatic rings. The third kappa shape index (κ3) is 5.16. The Morgan fingerprint density at radius 2 is 1.68 bits per heavy atom. The highest BCUT2D eigenvalue weighted by Gasteiger charge is 2.30. The van der Waals surface area contributed by atoms with E-state index in [4.69, 9.17) is 10.5 Å². The van der Waals surface area contributed by atoms with Crippen molar-refractivity contribution in [3.63, 3.8) is 0 Å². The molecule has 1 heterocycles. The van der Waals surface area contributed by atoms with E-state index in [1.807, 2.05) is 66.8 Å². The van der Waals surface area contributed by atoms with Gasteiger partial charge >= 0.3 is 12.0 Å². The number of hydrogen-bond donors (Lipinski definition) is 2. The summed E-state index contributed by atoms with van der Waals surface area (Å²) in [4.78, 5) is 36.4. The summed E-state index contributed by atoms with van der Waals surface area (Å²) in [6, 6.07) is 15.9. The van der Waals surface area contributed by atoms with Crippen molar-refractivity contribution in [1.82, 2.24) is 15.1 Å². The number of benzene rings is 2. The summed E-state index contributed by atoms with van der Waals surface area (Å²) < 4.78 is 7.07. The van der Waals surface area contributed by atoms with Crippen LogP contribution in [0.1, 0.15) is 29.8 Å². The number of nitrogens with two attached hydrogens (primary N) is 1. The monoisotopic (exact) mass is 420 g/mol. The van der Waals surface area contributed by atoms with Crippen molar-refractivity contribution in [2.45, 2.75) is 26.9 Å². The van der Waals surface area contributed by atoms with Crippen LogP contribution < -0.4 is 11.1 Å². The van der Waals surface area contributed by atoms with Gasteiger partial charge in [-0.1, -0.05) is 61.9 Å².